The van der Waals surface area contributed by atoms with Crippen molar-refractivity contribution in [2.45, 2.75) is 0 Å². The Balaban J connectivity index is 2.96. The average molecular weight is 180 g/mol. The zero-order chi connectivity index (χ0) is 9.84. The Morgan fingerprint density at radius 1 is 1.46 bits per heavy atom. The third-order valence-corrected chi connectivity index (χ3v) is 1.48. The second-order valence-electron chi connectivity index (χ2n) is 2.51. The minimum Gasteiger partial charge on any atom is -0.398 e. The van der Waals surface area contributed by atoms with Crippen molar-refractivity contribution < 1.29 is 9.18 Å². The molecule has 3 nitrogen and oxygen atoms in total. The van der Waals surface area contributed by atoms with E-state index in [2.05, 4.69) is 0 Å². The zero-order valence-corrected chi connectivity index (χ0v) is 6.83. The van der Waals surface area contributed by atoms with Crippen LogP contribution in [0.1, 0.15) is 5.56 Å². The van der Waals surface area contributed by atoms with Gasteiger partial charge in [-0.1, -0.05) is 6.07 Å². The van der Waals surface area contributed by atoms with Crippen LogP contribution in [-0.4, -0.2) is 5.91 Å². The van der Waals surface area contributed by atoms with Gasteiger partial charge in [-0.3, -0.25) is 4.79 Å². The molecular weight excluding hydrogens is 171 g/mol. The predicted octanol–water partition coefficient (Wildman–Crippen LogP) is 0.906. The van der Waals surface area contributed by atoms with Gasteiger partial charge in [0.1, 0.15) is 5.82 Å². The number of rotatable bonds is 2. The highest BCUT2D eigenvalue weighted by atomic mass is 19.1. The molecule has 0 radical (unpaired) electrons. The van der Waals surface area contributed by atoms with E-state index in [9.17, 15) is 9.18 Å². The van der Waals surface area contributed by atoms with Crippen molar-refractivity contribution in [3.63, 3.8) is 0 Å². The van der Waals surface area contributed by atoms with Crippen molar-refractivity contribution in [3.8, 4) is 0 Å². The Bertz CT molecular complexity index is 361. The van der Waals surface area contributed by atoms with Gasteiger partial charge in [-0.15, -0.1) is 0 Å². The van der Waals surface area contributed by atoms with Gasteiger partial charge in [-0.05, 0) is 23.8 Å². The summed E-state index contributed by atoms with van der Waals surface area (Å²) < 4.78 is 12.6. The summed E-state index contributed by atoms with van der Waals surface area (Å²) in [5, 5.41) is 0. The smallest absolute Gasteiger partial charge is 0.241 e. The Kier molecular flexibility index (Phi) is 2.64. The van der Waals surface area contributed by atoms with E-state index in [0.717, 1.165) is 0 Å². The molecule has 1 rings (SSSR count). The molecule has 0 saturated carbocycles. The molecule has 0 unspecified atom stereocenters. The van der Waals surface area contributed by atoms with Crippen LogP contribution >= 0.6 is 0 Å². The van der Waals surface area contributed by atoms with Crippen molar-refractivity contribution in [2.75, 3.05) is 5.73 Å². The predicted molar refractivity (Wildman–Crippen MR) is 49.0 cm³/mol. The first-order valence-corrected chi connectivity index (χ1v) is 3.62. The molecule has 0 heterocycles. The molecule has 0 aliphatic heterocycles. The third-order valence-electron chi connectivity index (χ3n) is 1.48. The lowest BCUT2D eigenvalue weighted by Crippen LogP contribution is -2.05. The lowest BCUT2D eigenvalue weighted by Gasteiger charge is -1.98. The van der Waals surface area contributed by atoms with E-state index in [0.29, 0.717) is 5.56 Å². The van der Waals surface area contributed by atoms with E-state index in [1.54, 1.807) is 0 Å². The lowest BCUT2D eigenvalue weighted by atomic mass is 10.1. The molecule has 1 aromatic rings. The number of amides is 1. The van der Waals surface area contributed by atoms with Crippen molar-refractivity contribution in [1.82, 2.24) is 0 Å². The fourth-order valence-corrected chi connectivity index (χ4v) is 0.869. The topological polar surface area (TPSA) is 69.1 Å². The Labute approximate surface area is 74.8 Å². The Hall–Kier alpha value is -1.84. The zero-order valence-electron chi connectivity index (χ0n) is 6.83. The molecular formula is C9H9FN2O. The molecule has 0 bridgehead atoms. The molecule has 13 heavy (non-hydrogen) atoms. The molecule has 4 N–H and O–H groups in total. The van der Waals surface area contributed by atoms with Gasteiger partial charge in [0.15, 0.2) is 0 Å². The van der Waals surface area contributed by atoms with Gasteiger partial charge in [0.05, 0.1) is 0 Å². The highest BCUT2D eigenvalue weighted by Gasteiger charge is 1.96. The van der Waals surface area contributed by atoms with Crippen LogP contribution in [0.3, 0.4) is 0 Å². The summed E-state index contributed by atoms with van der Waals surface area (Å²) in [4.78, 5) is 10.4. The van der Waals surface area contributed by atoms with E-state index in [4.69, 9.17) is 11.5 Å². The number of nitrogen functional groups attached to an aromatic ring is 1. The largest absolute Gasteiger partial charge is 0.398 e. The summed E-state index contributed by atoms with van der Waals surface area (Å²) in [5.74, 6) is -0.975. The van der Waals surface area contributed by atoms with Crippen LogP contribution in [0.15, 0.2) is 24.3 Å². The Morgan fingerprint density at radius 2 is 2.15 bits per heavy atom. The number of primary amides is 1. The Morgan fingerprint density at radius 3 is 2.69 bits per heavy atom. The fraction of sp³-hybridized carbons (Fsp3) is 0. The van der Waals surface area contributed by atoms with E-state index in [-0.39, 0.29) is 5.69 Å². The standard InChI is InChI=1S/C9H9FN2O/c10-7-3-1-6(8(11)5-7)2-4-9(12)13/h1-5H,11H2,(H2,12,13). The molecule has 68 valence electrons. The van der Waals surface area contributed by atoms with Gasteiger partial charge in [-0.25, -0.2) is 4.39 Å². The maximum absolute atomic E-state index is 12.6. The number of halogens is 1. The number of hydrogen-bond acceptors (Lipinski definition) is 2. The monoisotopic (exact) mass is 180 g/mol. The fourth-order valence-electron chi connectivity index (χ4n) is 0.869. The summed E-state index contributed by atoms with van der Waals surface area (Å²) in [7, 11) is 0. The molecule has 0 atom stereocenters. The number of hydrogen-bond donors (Lipinski definition) is 2. The minimum absolute atomic E-state index is 0.275. The van der Waals surface area contributed by atoms with Crippen molar-refractivity contribution >= 4 is 17.7 Å². The van der Waals surface area contributed by atoms with Crippen molar-refractivity contribution in [1.29, 1.82) is 0 Å². The summed E-state index contributed by atoms with van der Waals surface area (Å²) in [6.07, 6.45) is 2.61. The van der Waals surface area contributed by atoms with Crippen LogP contribution in [-0.2, 0) is 4.79 Å². The second kappa shape index (κ2) is 3.71. The maximum Gasteiger partial charge on any atom is 0.241 e. The van der Waals surface area contributed by atoms with Crippen LogP contribution in [0.4, 0.5) is 10.1 Å². The molecule has 0 aliphatic carbocycles. The highest BCUT2D eigenvalue weighted by molar-refractivity contribution is 5.91. The number of carbonyl (C=O) groups is 1. The van der Waals surface area contributed by atoms with E-state index in [1.165, 1.54) is 30.4 Å². The van der Waals surface area contributed by atoms with Gasteiger partial charge in [0, 0.05) is 11.8 Å². The normalized spacial score (nSPS) is 10.5. The summed E-state index contributed by atoms with van der Waals surface area (Å²) in [6, 6.07) is 3.92. The van der Waals surface area contributed by atoms with Crippen LogP contribution in [0.5, 0.6) is 0 Å². The van der Waals surface area contributed by atoms with Gasteiger partial charge in [-0.2, -0.15) is 0 Å². The van der Waals surface area contributed by atoms with Crippen LogP contribution in [0.25, 0.3) is 6.08 Å². The van der Waals surface area contributed by atoms with E-state index in [1.807, 2.05) is 0 Å². The number of benzene rings is 1. The number of anilines is 1. The van der Waals surface area contributed by atoms with Gasteiger partial charge in [0.25, 0.3) is 0 Å². The summed E-state index contributed by atoms with van der Waals surface area (Å²) in [5.41, 5.74) is 11.2. The maximum atomic E-state index is 12.6. The van der Waals surface area contributed by atoms with Crippen LogP contribution < -0.4 is 11.5 Å². The van der Waals surface area contributed by atoms with Crippen molar-refractivity contribution in [3.05, 3.63) is 35.7 Å². The van der Waals surface area contributed by atoms with Gasteiger partial charge < -0.3 is 11.5 Å². The average Bonchev–Trinajstić information content (AvgIpc) is 2.02. The van der Waals surface area contributed by atoms with Gasteiger partial charge >= 0.3 is 0 Å². The molecule has 4 heteroatoms. The van der Waals surface area contributed by atoms with E-state index < -0.39 is 11.7 Å². The first kappa shape index (κ1) is 9.25. The second-order valence-corrected chi connectivity index (χ2v) is 2.51. The molecule has 0 spiro atoms. The SMILES string of the molecule is NC(=O)C=Cc1ccc(F)cc1N. The molecule has 1 amide bonds. The summed E-state index contributed by atoms with van der Waals surface area (Å²) >= 11 is 0. The number of nitrogens with two attached hydrogens (primary N) is 2. The molecule has 0 aromatic heterocycles. The molecule has 0 aliphatic rings. The quantitative estimate of drug-likeness (QED) is 0.524. The first-order valence-electron chi connectivity index (χ1n) is 3.62. The molecule has 0 fully saturated rings. The highest BCUT2D eigenvalue weighted by Crippen LogP contribution is 2.14. The van der Waals surface area contributed by atoms with Gasteiger partial charge in [0.2, 0.25) is 5.91 Å². The van der Waals surface area contributed by atoms with Crippen molar-refractivity contribution in [2.24, 2.45) is 5.73 Å². The summed E-state index contributed by atoms with van der Waals surface area (Å²) in [6.45, 7) is 0. The molecule has 1 aromatic carbocycles. The lowest BCUT2D eigenvalue weighted by molar-refractivity contribution is -0.113. The van der Waals surface area contributed by atoms with E-state index >= 15 is 0 Å². The number of carbonyl (C=O) groups excluding carboxylic acids is 1. The third kappa shape index (κ3) is 2.59. The van der Waals surface area contributed by atoms with Crippen LogP contribution in [0.2, 0.25) is 0 Å². The van der Waals surface area contributed by atoms with Crippen LogP contribution in [0, 0.1) is 5.82 Å². The minimum atomic E-state index is -0.566. The first-order chi connectivity index (χ1) is 6.09. The molecule has 0 saturated heterocycles.